The first-order valence-electron chi connectivity index (χ1n) is 12.2. The van der Waals surface area contributed by atoms with Crippen LogP contribution in [-0.4, -0.2) is 38.8 Å². The Hall–Kier alpha value is -3.56. The van der Waals surface area contributed by atoms with E-state index < -0.39 is 17.6 Å². The van der Waals surface area contributed by atoms with Crippen molar-refractivity contribution >= 4 is 11.8 Å². The Balaban J connectivity index is 1.22. The molecule has 6 rings (SSSR count). The fourth-order valence-electron chi connectivity index (χ4n) is 5.96. The van der Waals surface area contributed by atoms with Gasteiger partial charge in [-0.05, 0) is 49.8 Å². The minimum atomic E-state index is -4.59. The lowest BCUT2D eigenvalue weighted by atomic mass is 9.72. The van der Waals surface area contributed by atoms with Crippen molar-refractivity contribution in [2.24, 2.45) is 0 Å². The van der Waals surface area contributed by atoms with Crippen molar-refractivity contribution in [3.8, 4) is 11.3 Å². The van der Waals surface area contributed by atoms with Gasteiger partial charge in [-0.3, -0.25) is 4.68 Å². The van der Waals surface area contributed by atoms with Gasteiger partial charge in [0.15, 0.2) is 0 Å². The van der Waals surface area contributed by atoms with E-state index >= 15 is 0 Å². The first-order chi connectivity index (χ1) is 17.2. The number of hydrogen-bond acceptors (Lipinski definition) is 4. The summed E-state index contributed by atoms with van der Waals surface area (Å²) in [4.78, 5) is 19.0. The first kappa shape index (κ1) is 22.9. The number of fused-ring (bicyclic) bond motifs is 2. The van der Waals surface area contributed by atoms with Gasteiger partial charge in [-0.2, -0.15) is 18.3 Å². The van der Waals surface area contributed by atoms with E-state index in [2.05, 4.69) is 27.5 Å². The fraction of sp³-hybridized carbons (Fsp3) is 0.423. The van der Waals surface area contributed by atoms with Crippen LogP contribution in [0, 0.1) is 0 Å². The normalized spacial score (nSPS) is 22.5. The van der Waals surface area contributed by atoms with E-state index in [-0.39, 0.29) is 22.5 Å². The van der Waals surface area contributed by atoms with Crippen molar-refractivity contribution in [2.75, 3.05) is 18.8 Å². The standard InChI is InChI=1S/C26H27F3N6O/c27-26(28,29)19-13-17(15-31-22(19)30)20-14-21-24(10-12-35(21)33-20)9-11-34(16-24)23(36)32-25(7-4-8-25)18-5-2-1-3-6-18/h1-3,5-6,13-15H,4,7-12,16H2,(H2,30,31)(H,32,36). The number of likely N-dealkylation sites (tertiary alicyclic amines) is 1. The first-order valence-corrected chi connectivity index (χ1v) is 12.2. The summed E-state index contributed by atoms with van der Waals surface area (Å²) in [6.07, 6.45) is 1.30. The lowest BCUT2D eigenvalue weighted by Gasteiger charge is -2.44. The number of carbonyl (C=O) groups is 1. The van der Waals surface area contributed by atoms with Gasteiger partial charge in [0.25, 0.3) is 0 Å². The Kier molecular flexibility index (Phi) is 5.07. The summed E-state index contributed by atoms with van der Waals surface area (Å²) < 4.78 is 41.9. The Morgan fingerprint density at radius 2 is 1.81 bits per heavy atom. The highest BCUT2D eigenvalue weighted by Gasteiger charge is 2.48. The van der Waals surface area contributed by atoms with Crippen molar-refractivity contribution in [2.45, 2.75) is 55.8 Å². The third kappa shape index (κ3) is 3.61. The molecule has 7 nitrogen and oxygen atoms in total. The number of pyridine rings is 1. The molecule has 2 aromatic heterocycles. The molecule has 0 bridgehead atoms. The number of carbonyl (C=O) groups excluding carboxylic acids is 1. The SMILES string of the molecule is Nc1ncc(-c2cc3n(n2)CCC32CCN(C(=O)NC3(c4ccccc4)CCC3)C2)cc1C(F)(F)F. The Labute approximate surface area is 206 Å². The quantitative estimate of drug-likeness (QED) is 0.551. The minimum Gasteiger partial charge on any atom is -0.383 e. The maximum absolute atomic E-state index is 13.3. The lowest BCUT2D eigenvalue weighted by molar-refractivity contribution is -0.137. The number of alkyl halides is 3. The van der Waals surface area contributed by atoms with Gasteiger partial charge in [-0.15, -0.1) is 0 Å². The molecule has 1 atom stereocenters. The molecular formula is C26H27F3N6O. The molecule has 3 aliphatic rings. The number of rotatable bonds is 3. The number of urea groups is 1. The molecule has 1 aliphatic carbocycles. The van der Waals surface area contributed by atoms with Crippen molar-refractivity contribution in [1.82, 2.24) is 25.0 Å². The van der Waals surface area contributed by atoms with Crippen LogP contribution in [0.3, 0.4) is 0 Å². The highest BCUT2D eigenvalue weighted by Crippen LogP contribution is 2.45. The van der Waals surface area contributed by atoms with E-state index in [0.717, 1.165) is 49.4 Å². The maximum Gasteiger partial charge on any atom is 0.419 e. The second-order valence-electron chi connectivity index (χ2n) is 10.2. The number of aryl methyl sites for hydroxylation is 1. The topological polar surface area (TPSA) is 89.1 Å². The van der Waals surface area contributed by atoms with E-state index in [0.29, 0.717) is 25.3 Å². The number of nitrogens with zero attached hydrogens (tertiary/aromatic N) is 4. The Morgan fingerprint density at radius 1 is 1.06 bits per heavy atom. The summed E-state index contributed by atoms with van der Waals surface area (Å²) in [7, 11) is 0. The summed E-state index contributed by atoms with van der Waals surface area (Å²) in [5, 5.41) is 7.89. The molecule has 4 heterocycles. The van der Waals surface area contributed by atoms with E-state index in [1.807, 2.05) is 33.8 Å². The summed E-state index contributed by atoms with van der Waals surface area (Å²) in [6.45, 7) is 1.84. The van der Waals surface area contributed by atoms with Gasteiger partial charge in [-0.1, -0.05) is 30.3 Å². The molecule has 1 saturated heterocycles. The number of aromatic nitrogens is 3. The number of anilines is 1. The van der Waals surface area contributed by atoms with Crippen molar-refractivity contribution in [3.05, 3.63) is 65.5 Å². The molecule has 2 aliphatic heterocycles. The van der Waals surface area contributed by atoms with E-state index in [1.54, 1.807) is 0 Å². The number of benzene rings is 1. The third-order valence-corrected chi connectivity index (χ3v) is 8.17. The number of halogens is 3. The van der Waals surface area contributed by atoms with Crippen LogP contribution in [0.5, 0.6) is 0 Å². The fourth-order valence-corrected chi connectivity index (χ4v) is 5.96. The molecule has 2 fully saturated rings. The van der Waals surface area contributed by atoms with Gasteiger partial charge < -0.3 is 16.0 Å². The zero-order valence-corrected chi connectivity index (χ0v) is 19.7. The zero-order chi connectivity index (χ0) is 25.1. The average molecular weight is 497 g/mol. The van der Waals surface area contributed by atoms with Gasteiger partial charge >= 0.3 is 12.2 Å². The number of hydrogen-bond donors (Lipinski definition) is 2. The van der Waals surface area contributed by atoms with E-state index in [4.69, 9.17) is 5.73 Å². The molecule has 1 unspecified atom stereocenters. The van der Waals surface area contributed by atoms with E-state index in [9.17, 15) is 18.0 Å². The largest absolute Gasteiger partial charge is 0.419 e. The predicted molar refractivity (Wildman–Crippen MR) is 128 cm³/mol. The average Bonchev–Trinajstić information content (AvgIpc) is 3.53. The molecule has 1 spiro atoms. The number of amides is 2. The van der Waals surface area contributed by atoms with Gasteiger partial charge in [0.05, 0.1) is 16.8 Å². The highest BCUT2D eigenvalue weighted by molar-refractivity contribution is 5.76. The van der Waals surface area contributed by atoms with Gasteiger partial charge in [0, 0.05) is 42.5 Å². The van der Waals surface area contributed by atoms with Crippen LogP contribution in [-0.2, 0) is 23.7 Å². The van der Waals surface area contributed by atoms with Crippen molar-refractivity contribution < 1.29 is 18.0 Å². The Morgan fingerprint density at radius 3 is 2.50 bits per heavy atom. The van der Waals surface area contributed by atoms with Crippen molar-refractivity contribution in [3.63, 3.8) is 0 Å². The van der Waals surface area contributed by atoms with Crippen LogP contribution in [0.1, 0.15) is 48.9 Å². The maximum atomic E-state index is 13.3. The molecule has 36 heavy (non-hydrogen) atoms. The third-order valence-electron chi connectivity index (χ3n) is 8.17. The number of nitrogen functional groups attached to an aromatic ring is 1. The molecule has 2 amide bonds. The van der Waals surface area contributed by atoms with Gasteiger partial charge in [-0.25, -0.2) is 9.78 Å². The van der Waals surface area contributed by atoms with Crippen molar-refractivity contribution in [1.29, 1.82) is 0 Å². The highest BCUT2D eigenvalue weighted by atomic mass is 19.4. The minimum absolute atomic E-state index is 0.0637. The molecule has 188 valence electrons. The zero-order valence-electron chi connectivity index (χ0n) is 19.7. The smallest absolute Gasteiger partial charge is 0.383 e. The van der Waals surface area contributed by atoms with Crippen LogP contribution >= 0.6 is 0 Å². The van der Waals surface area contributed by atoms with Crippen LogP contribution in [0.15, 0.2) is 48.7 Å². The molecule has 10 heteroatoms. The molecular weight excluding hydrogens is 469 g/mol. The van der Waals surface area contributed by atoms with Crippen LogP contribution < -0.4 is 11.1 Å². The lowest BCUT2D eigenvalue weighted by Crippen LogP contribution is -2.54. The van der Waals surface area contributed by atoms with Crippen LogP contribution in [0.4, 0.5) is 23.8 Å². The summed E-state index contributed by atoms with van der Waals surface area (Å²) >= 11 is 0. The molecule has 3 aromatic rings. The number of nitrogens with one attached hydrogen (secondary N) is 1. The van der Waals surface area contributed by atoms with Crippen LogP contribution in [0.2, 0.25) is 0 Å². The second-order valence-corrected chi connectivity index (χ2v) is 10.2. The molecule has 0 radical (unpaired) electrons. The van der Waals surface area contributed by atoms with E-state index in [1.165, 1.54) is 6.20 Å². The Bertz CT molecular complexity index is 1320. The summed E-state index contributed by atoms with van der Waals surface area (Å²) in [6, 6.07) is 12.9. The molecule has 1 saturated carbocycles. The number of nitrogens with two attached hydrogens (primary N) is 1. The van der Waals surface area contributed by atoms with Crippen LogP contribution in [0.25, 0.3) is 11.3 Å². The second kappa shape index (κ2) is 7.97. The summed E-state index contributed by atoms with van der Waals surface area (Å²) in [5.74, 6) is -0.549. The van der Waals surface area contributed by atoms with Gasteiger partial charge in [0.1, 0.15) is 5.82 Å². The molecule has 1 aromatic carbocycles. The predicted octanol–water partition coefficient (Wildman–Crippen LogP) is 4.68. The van der Waals surface area contributed by atoms with Gasteiger partial charge in [0.2, 0.25) is 0 Å². The summed E-state index contributed by atoms with van der Waals surface area (Å²) in [5.41, 5.74) is 6.74. The molecule has 3 N–H and O–H groups in total. The monoisotopic (exact) mass is 496 g/mol.